The van der Waals surface area contributed by atoms with Gasteiger partial charge in [-0.15, -0.1) is 0 Å². The van der Waals surface area contributed by atoms with Crippen molar-refractivity contribution in [2.75, 3.05) is 19.6 Å². The first-order valence-corrected chi connectivity index (χ1v) is 10.4. The minimum absolute atomic E-state index is 0.0241. The number of nitrogens with zero attached hydrogens (tertiary/aromatic N) is 3. The van der Waals surface area contributed by atoms with Crippen LogP contribution >= 0.6 is 0 Å². The second-order valence-electron chi connectivity index (χ2n) is 8.38. The summed E-state index contributed by atoms with van der Waals surface area (Å²) in [6, 6.07) is 1.71. The second-order valence-corrected chi connectivity index (χ2v) is 8.38. The fraction of sp³-hybridized carbons (Fsp3) is 0.571. The average Bonchev–Trinajstić information content (AvgIpc) is 3.25. The molecule has 2 aliphatic heterocycles. The number of ether oxygens (including phenoxy) is 1. The number of amides is 2. The summed E-state index contributed by atoms with van der Waals surface area (Å²) in [6.07, 6.45) is 8.29. The highest BCUT2D eigenvalue weighted by molar-refractivity contribution is 5.95. The number of furan rings is 1. The van der Waals surface area contributed by atoms with Crippen molar-refractivity contribution in [3.8, 4) is 0 Å². The standard InChI is InChI=1S/C21H26N4O4/c1-14-16(4-11-28-14)19(27)24-8-5-21(6-9-24)20-22-7-10-25(20)13-17(29-21)18(26)23-12-15-2-3-15/h4,7,10-11,15,17H,2-3,5-6,8-9,12-13H2,1H3,(H,23,26)/t17-/m1/s1. The molecule has 29 heavy (non-hydrogen) atoms. The molecule has 0 unspecified atom stereocenters. The van der Waals surface area contributed by atoms with Crippen molar-refractivity contribution >= 4 is 11.8 Å². The van der Waals surface area contributed by atoms with Gasteiger partial charge in [0.15, 0.2) is 6.10 Å². The quantitative estimate of drug-likeness (QED) is 0.849. The first-order chi connectivity index (χ1) is 14.1. The van der Waals surface area contributed by atoms with Crippen LogP contribution in [0.25, 0.3) is 0 Å². The van der Waals surface area contributed by atoms with E-state index in [1.165, 1.54) is 12.8 Å². The molecule has 8 heteroatoms. The maximum Gasteiger partial charge on any atom is 0.257 e. The summed E-state index contributed by atoms with van der Waals surface area (Å²) < 4.78 is 13.7. The van der Waals surface area contributed by atoms with Crippen LogP contribution in [0, 0.1) is 12.8 Å². The van der Waals surface area contributed by atoms with Gasteiger partial charge in [-0.05, 0) is 31.7 Å². The van der Waals surface area contributed by atoms with Crippen LogP contribution in [-0.4, -0.2) is 52.0 Å². The summed E-state index contributed by atoms with van der Waals surface area (Å²) in [5.74, 6) is 2.04. The van der Waals surface area contributed by atoms with Gasteiger partial charge in [0.2, 0.25) is 0 Å². The van der Waals surface area contributed by atoms with E-state index in [-0.39, 0.29) is 11.8 Å². The van der Waals surface area contributed by atoms with Crippen LogP contribution in [0.1, 0.15) is 47.6 Å². The number of carbonyl (C=O) groups is 2. The van der Waals surface area contributed by atoms with Gasteiger partial charge in [-0.25, -0.2) is 4.98 Å². The second kappa shape index (κ2) is 7.02. The normalized spacial score (nSPS) is 23.1. The maximum atomic E-state index is 12.8. The molecular weight excluding hydrogens is 372 g/mol. The number of imidazole rings is 1. The number of nitrogens with one attached hydrogen (secondary N) is 1. The van der Waals surface area contributed by atoms with E-state index in [1.54, 1.807) is 25.5 Å². The van der Waals surface area contributed by atoms with E-state index in [0.29, 0.717) is 49.7 Å². The third-order valence-corrected chi connectivity index (χ3v) is 6.36. The third kappa shape index (κ3) is 3.35. The van der Waals surface area contributed by atoms with Crippen LogP contribution in [0.15, 0.2) is 29.1 Å². The zero-order valence-electron chi connectivity index (χ0n) is 16.6. The molecule has 2 aromatic heterocycles. The summed E-state index contributed by atoms with van der Waals surface area (Å²) in [4.78, 5) is 31.9. The number of fused-ring (bicyclic) bond motifs is 2. The summed E-state index contributed by atoms with van der Waals surface area (Å²) in [7, 11) is 0. The Morgan fingerprint density at radius 2 is 2.10 bits per heavy atom. The molecular formula is C21H26N4O4. The van der Waals surface area contributed by atoms with Crippen LogP contribution in [0.5, 0.6) is 0 Å². The van der Waals surface area contributed by atoms with Crippen molar-refractivity contribution in [3.63, 3.8) is 0 Å². The van der Waals surface area contributed by atoms with Gasteiger partial charge in [-0.2, -0.15) is 0 Å². The minimum Gasteiger partial charge on any atom is -0.469 e. The molecule has 1 aliphatic carbocycles. The van der Waals surface area contributed by atoms with Gasteiger partial charge in [0.25, 0.3) is 11.8 Å². The monoisotopic (exact) mass is 398 g/mol. The molecule has 1 spiro atoms. The number of piperidine rings is 1. The summed E-state index contributed by atoms with van der Waals surface area (Å²) >= 11 is 0. The summed E-state index contributed by atoms with van der Waals surface area (Å²) in [5, 5.41) is 3.04. The molecule has 0 radical (unpaired) electrons. The Morgan fingerprint density at radius 1 is 1.31 bits per heavy atom. The molecule has 1 N–H and O–H groups in total. The molecule has 5 rings (SSSR count). The van der Waals surface area contributed by atoms with Gasteiger partial charge in [-0.3, -0.25) is 9.59 Å². The fourth-order valence-electron chi connectivity index (χ4n) is 4.40. The van der Waals surface area contributed by atoms with Gasteiger partial charge >= 0.3 is 0 Å². The first-order valence-electron chi connectivity index (χ1n) is 10.4. The molecule has 1 saturated carbocycles. The van der Waals surface area contributed by atoms with Crippen LogP contribution < -0.4 is 5.32 Å². The Hall–Kier alpha value is -2.61. The number of hydrogen-bond donors (Lipinski definition) is 1. The first kappa shape index (κ1) is 18.4. The van der Waals surface area contributed by atoms with E-state index in [4.69, 9.17) is 9.15 Å². The number of likely N-dealkylation sites (tertiary alicyclic amines) is 1. The van der Waals surface area contributed by atoms with E-state index in [9.17, 15) is 9.59 Å². The molecule has 0 aromatic carbocycles. The maximum absolute atomic E-state index is 12.8. The SMILES string of the molecule is Cc1occc1C(=O)N1CCC2(CC1)O[C@@H](C(=O)NCC1CC1)Cn1ccnc12. The molecule has 2 fully saturated rings. The lowest BCUT2D eigenvalue weighted by Crippen LogP contribution is -2.54. The number of hydrogen-bond acceptors (Lipinski definition) is 5. The van der Waals surface area contributed by atoms with E-state index >= 15 is 0 Å². The van der Waals surface area contributed by atoms with Crippen molar-refractivity contribution in [1.82, 2.24) is 19.8 Å². The van der Waals surface area contributed by atoms with E-state index in [1.807, 2.05) is 15.7 Å². The van der Waals surface area contributed by atoms with Gasteiger partial charge < -0.3 is 23.9 Å². The Morgan fingerprint density at radius 3 is 2.79 bits per heavy atom. The zero-order chi connectivity index (χ0) is 20.0. The zero-order valence-corrected chi connectivity index (χ0v) is 16.6. The summed E-state index contributed by atoms with van der Waals surface area (Å²) in [5.41, 5.74) is -0.0321. The molecule has 2 aromatic rings. The Balaban J connectivity index is 1.31. The van der Waals surface area contributed by atoms with Gasteiger partial charge in [0.05, 0.1) is 18.4 Å². The summed E-state index contributed by atoms with van der Waals surface area (Å²) in [6.45, 7) is 4.10. The predicted molar refractivity (Wildman–Crippen MR) is 103 cm³/mol. The van der Waals surface area contributed by atoms with Gasteiger partial charge in [-0.1, -0.05) is 0 Å². The number of rotatable bonds is 4. The molecule has 2 amide bonds. The van der Waals surface area contributed by atoms with Crippen LogP contribution in [0.3, 0.4) is 0 Å². The molecule has 3 aliphatic rings. The highest BCUT2D eigenvalue weighted by Crippen LogP contribution is 2.40. The third-order valence-electron chi connectivity index (χ3n) is 6.36. The van der Waals surface area contributed by atoms with Crippen molar-refractivity contribution < 1.29 is 18.7 Å². The molecule has 4 heterocycles. The van der Waals surface area contributed by atoms with E-state index in [2.05, 4.69) is 10.3 Å². The average molecular weight is 398 g/mol. The van der Waals surface area contributed by atoms with Crippen molar-refractivity contribution in [1.29, 1.82) is 0 Å². The van der Waals surface area contributed by atoms with Crippen molar-refractivity contribution in [2.24, 2.45) is 5.92 Å². The van der Waals surface area contributed by atoms with Crippen LogP contribution in [0.2, 0.25) is 0 Å². The number of aromatic nitrogens is 2. The molecule has 8 nitrogen and oxygen atoms in total. The lowest BCUT2D eigenvalue weighted by Gasteiger charge is -2.45. The fourth-order valence-corrected chi connectivity index (χ4v) is 4.40. The van der Waals surface area contributed by atoms with E-state index in [0.717, 1.165) is 12.4 Å². The van der Waals surface area contributed by atoms with Crippen molar-refractivity contribution in [2.45, 2.75) is 50.9 Å². The van der Waals surface area contributed by atoms with Gasteiger partial charge in [0.1, 0.15) is 17.2 Å². The molecule has 1 saturated heterocycles. The number of aryl methyl sites for hydroxylation is 1. The van der Waals surface area contributed by atoms with Gasteiger partial charge in [0, 0.05) is 44.9 Å². The lowest BCUT2D eigenvalue weighted by atomic mass is 9.88. The Bertz CT molecular complexity index is 921. The van der Waals surface area contributed by atoms with Crippen molar-refractivity contribution in [3.05, 3.63) is 41.9 Å². The van der Waals surface area contributed by atoms with Crippen LogP contribution in [0.4, 0.5) is 0 Å². The lowest BCUT2D eigenvalue weighted by molar-refractivity contribution is -0.172. The topological polar surface area (TPSA) is 89.6 Å². The Labute approximate surface area is 169 Å². The van der Waals surface area contributed by atoms with E-state index < -0.39 is 11.7 Å². The molecule has 1 atom stereocenters. The predicted octanol–water partition coefficient (Wildman–Crippen LogP) is 1.84. The largest absolute Gasteiger partial charge is 0.469 e. The minimum atomic E-state index is -0.633. The smallest absolute Gasteiger partial charge is 0.257 e. The Kier molecular flexibility index (Phi) is 4.46. The van der Waals surface area contributed by atoms with Crippen LogP contribution in [-0.2, 0) is 21.7 Å². The highest BCUT2D eigenvalue weighted by atomic mass is 16.5. The number of carbonyl (C=O) groups excluding carboxylic acids is 2. The molecule has 154 valence electrons. The molecule has 0 bridgehead atoms. The highest BCUT2D eigenvalue weighted by Gasteiger charge is 2.47.